The highest BCUT2D eigenvalue weighted by atomic mass is 16.5. The molecule has 1 aromatic heterocycles. The Morgan fingerprint density at radius 1 is 1.24 bits per heavy atom. The van der Waals surface area contributed by atoms with Crippen LogP contribution in [0.25, 0.3) is 10.9 Å². The van der Waals surface area contributed by atoms with E-state index < -0.39 is 17.5 Å². The zero-order valence-electron chi connectivity index (χ0n) is 16.6. The number of aromatic nitrogens is 1. The summed E-state index contributed by atoms with van der Waals surface area (Å²) in [5.74, 6) is -0.883. The number of aromatic amines is 1. The number of fused-ring (bicyclic) bond motifs is 4. The van der Waals surface area contributed by atoms with Gasteiger partial charge in [0.15, 0.2) is 0 Å². The van der Waals surface area contributed by atoms with Gasteiger partial charge in [0.25, 0.3) is 0 Å². The molecule has 2 atom stereocenters. The summed E-state index contributed by atoms with van der Waals surface area (Å²) in [6.45, 7) is 1.86. The Labute approximate surface area is 169 Å². The first-order valence-electron chi connectivity index (χ1n) is 10.4. The predicted octanol–water partition coefficient (Wildman–Crippen LogP) is 2.68. The van der Waals surface area contributed by atoms with Crippen LogP contribution in [0.5, 0.6) is 5.75 Å². The molecule has 2 N–H and O–H groups in total. The number of H-pyrrole nitrogens is 1. The van der Waals surface area contributed by atoms with Crippen LogP contribution in [0.4, 0.5) is 0 Å². The van der Waals surface area contributed by atoms with E-state index in [2.05, 4.69) is 11.1 Å². The first kappa shape index (κ1) is 18.5. The van der Waals surface area contributed by atoms with Crippen LogP contribution in [0, 0.1) is 11.8 Å². The summed E-state index contributed by atoms with van der Waals surface area (Å²) in [4.78, 5) is 29.5. The van der Waals surface area contributed by atoms with Crippen molar-refractivity contribution in [1.82, 2.24) is 9.88 Å². The van der Waals surface area contributed by atoms with Gasteiger partial charge in [-0.15, -0.1) is 0 Å². The fourth-order valence-corrected chi connectivity index (χ4v) is 5.23. The minimum Gasteiger partial charge on any atom is -0.497 e. The van der Waals surface area contributed by atoms with Gasteiger partial charge in [-0.2, -0.15) is 0 Å². The molecule has 2 fully saturated rings. The topological polar surface area (TPSA) is 91.9 Å². The minimum atomic E-state index is -0.850. The molecule has 7 heteroatoms. The molecule has 154 valence electrons. The number of hydrogen-bond donors (Lipinski definition) is 2. The average molecular weight is 398 g/mol. The highest BCUT2D eigenvalue weighted by Gasteiger charge is 2.47. The lowest BCUT2D eigenvalue weighted by Gasteiger charge is -2.45. The summed E-state index contributed by atoms with van der Waals surface area (Å²) in [7, 11) is 1.68. The lowest BCUT2D eigenvalue weighted by molar-refractivity contribution is -0.160. The summed E-state index contributed by atoms with van der Waals surface area (Å²) >= 11 is 0. The van der Waals surface area contributed by atoms with Crippen molar-refractivity contribution in [3.8, 4) is 5.75 Å². The van der Waals surface area contributed by atoms with E-state index in [1.807, 2.05) is 17.0 Å². The van der Waals surface area contributed by atoms with Gasteiger partial charge < -0.3 is 24.5 Å². The van der Waals surface area contributed by atoms with Gasteiger partial charge in [0, 0.05) is 24.0 Å². The Kier molecular flexibility index (Phi) is 4.31. The number of nitrogens with zero attached hydrogens (tertiary/aromatic N) is 1. The summed E-state index contributed by atoms with van der Waals surface area (Å²) in [6, 6.07) is 6.07. The molecular weight excluding hydrogens is 372 g/mol. The van der Waals surface area contributed by atoms with Gasteiger partial charge in [-0.3, -0.25) is 9.59 Å². The Bertz CT molecular complexity index is 973. The van der Waals surface area contributed by atoms with E-state index in [-0.39, 0.29) is 11.8 Å². The largest absolute Gasteiger partial charge is 0.497 e. The number of hydrogen-bond acceptors (Lipinski definition) is 4. The molecule has 2 aliphatic heterocycles. The van der Waals surface area contributed by atoms with Crippen LogP contribution in [-0.2, 0) is 26.3 Å². The maximum Gasteiger partial charge on any atom is 0.307 e. The fraction of sp³-hybridized carbons (Fsp3) is 0.545. The second-order valence-electron chi connectivity index (χ2n) is 8.44. The third kappa shape index (κ3) is 2.82. The van der Waals surface area contributed by atoms with Crippen molar-refractivity contribution in [2.45, 2.75) is 37.7 Å². The van der Waals surface area contributed by atoms with Gasteiger partial charge >= 0.3 is 5.97 Å². The number of ether oxygens (including phenoxy) is 2. The molecule has 2 aromatic rings. The van der Waals surface area contributed by atoms with Crippen molar-refractivity contribution in [3.63, 3.8) is 0 Å². The number of aliphatic carboxylic acids is 1. The van der Waals surface area contributed by atoms with E-state index >= 15 is 0 Å². The van der Waals surface area contributed by atoms with E-state index in [4.69, 9.17) is 9.47 Å². The quantitative estimate of drug-likeness (QED) is 0.829. The number of likely N-dealkylation sites (tertiary alicyclic amines) is 1. The van der Waals surface area contributed by atoms with Crippen molar-refractivity contribution < 1.29 is 24.2 Å². The van der Waals surface area contributed by atoms with E-state index in [0.717, 1.165) is 36.2 Å². The van der Waals surface area contributed by atoms with Crippen LogP contribution in [0.2, 0.25) is 0 Å². The van der Waals surface area contributed by atoms with Crippen LogP contribution in [0.3, 0.4) is 0 Å². The normalized spacial score (nSPS) is 25.5. The third-order valence-electron chi connectivity index (χ3n) is 7.09. The molecule has 2 unspecified atom stereocenters. The summed E-state index contributed by atoms with van der Waals surface area (Å²) < 4.78 is 11.7. The number of rotatable bonds is 3. The predicted molar refractivity (Wildman–Crippen MR) is 106 cm³/mol. The van der Waals surface area contributed by atoms with Crippen LogP contribution >= 0.6 is 0 Å². The molecule has 1 aliphatic carbocycles. The smallest absolute Gasteiger partial charge is 0.307 e. The maximum atomic E-state index is 12.8. The molecule has 1 aromatic carbocycles. The number of methoxy groups -OCH3 is 1. The van der Waals surface area contributed by atoms with Crippen LogP contribution < -0.4 is 4.74 Å². The molecule has 1 saturated heterocycles. The number of carbonyl (C=O) groups is 2. The molecule has 0 bridgehead atoms. The standard InChI is InChI=1S/C22H26N2O5/c1-28-13-2-5-18-17(12-13)14-6-11-29-22(19(14)23-18)7-9-24(10-8-22)20(25)15-3-4-16(15)21(26)27/h2,5,12,15-16,23H,3-4,6-11H2,1H3,(H,26,27). The SMILES string of the molecule is COc1ccc2[nH]c3c(c2c1)CCOC31CCN(C(=O)C2CCC2C(=O)O)CC1. The fourth-order valence-electron chi connectivity index (χ4n) is 5.23. The van der Waals surface area contributed by atoms with E-state index in [0.29, 0.717) is 32.5 Å². The van der Waals surface area contributed by atoms with E-state index in [1.165, 1.54) is 10.9 Å². The zero-order chi connectivity index (χ0) is 20.2. The highest BCUT2D eigenvalue weighted by Crippen LogP contribution is 2.45. The van der Waals surface area contributed by atoms with Crippen molar-refractivity contribution in [2.24, 2.45) is 11.8 Å². The van der Waals surface area contributed by atoms with Gasteiger partial charge in [0.1, 0.15) is 11.4 Å². The number of piperidine rings is 1. The zero-order valence-corrected chi connectivity index (χ0v) is 16.6. The molecule has 1 amide bonds. The van der Waals surface area contributed by atoms with Crippen LogP contribution in [-0.4, -0.2) is 53.7 Å². The lowest BCUT2D eigenvalue weighted by Crippen LogP contribution is -2.52. The summed E-state index contributed by atoms with van der Waals surface area (Å²) in [5.41, 5.74) is 3.10. The van der Waals surface area contributed by atoms with Crippen LogP contribution in [0.1, 0.15) is 36.9 Å². The first-order valence-corrected chi connectivity index (χ1v) is 10.4. The number of benzene rings is 1. The van der Waals surface area contributed by atoms with E-state index in [1.54, 1.807) is 7.11 Å². The number of carboxylic acid groups (broad SMARTS) is 1. The maximum absolute atomic E-state index is 12.8. The Hall–Kier alpha value is -2.54. The molecule has 3 heterocycles. The van der Waals surface area contributed by atoms with Crippen molar-refractivity contribution in [3.05, 3.63) is 29.5 Å². The lowest BCUT2D eigenvalue weighted by atomic mass is 9.72. The molecule has 7 nitrogen and oxygen atoms in total. The van der Waals surface area contributed by atoms with Gasteiger partial charge in [0.2, 0.25) is 5.91 Å². The van der Waals surface area contributed by atoms with Gasteiger partial charge in [-0.05, 0) is 55.9 Å². The number of carboxylic acids is 1. The summed E-state index contributed by atoms with van der Waals surface area (Å²) in [5, 5.41) is 10.4. The second kappa shape index (κ2) is 6.76. The molecular formula is C22H26N2O5. The van der Waals surface area contributed by atoms with Gasteiger partial charge in [-0.25, -0.2) is 0 Å². The number of amides is 1. The average Bonchev–Trinajstić information content (AvgIpc) is 3.07. The third-order valence-corrected chi connectivity index (χ3v) is 7.09. The van der Waals surface area contributed by atoms with Gasteiger partial charge in [0.05, 0.1) is 31.2 Å². The van der Waals surface area contributed by atoms with Crippen molar-refractivity contribution in [2.75, 3.05) is 26.8 Å². The number of carbonyl (C=O) groups excluding carboxylic acids is 1. The molecule has 3 aliphatic rings. The molecule has 0 radical (unpaired) electrons. The van der Waals surface area contributed by atoms with E-state index in [9.17, 15) is 14.7 Å². The first-order chi connectivity index (χ1) is 14.0. The van der Waals surface area contributed by atoms with Crippen molar-refractivity contribution >= 4 is 22.8 Å². The minimum absolute atomic E-state index is 0.00378. The van der Waals surface area contributed by atoms with Crippen LogP contribution in [0.15, 0.2) is 18.2 Å². The Morgan fingerprint density at radius 3 is 2.66 bits per heavy atom. The molecule has 1 spiro atoms. The molecule has 1 saturated carbocycles. The number of nitrogens with one attached hydrogen (secondary N) is 1. The van der Waals surface area contributed by atoms with Gasteiger partial charge in [-0.1, -0.05) is 0 Å². The summed E-state index contributed by atoms with van der Waals surface area (Å²) in [6.07, 6.45) is 3.59. The Balaban J connectivity index is 1.38. The highest BCUT2D eigenvalue weighted by molar-refractivity contribution is 5.87. The monoisotopic (exact) mass is 398 g/mol. The second-order valence-corrected chi connectivity index (χ2v) is 8.44. The van der Waals surface area contributed by atoms with Crippen molar-refractivity contribution in [1.29, 1.82) is 0 Å². The molecule has 29 heavy (non-hydrogen) atoms. The Morgan fingerprint density at radius 2 is 2.00 bits per heavy atom. The molecule has 5 rings (SSSR count).